The van der Waals surface area contributed by atoms with Gasteiger partial charge in [-0.3, -0.25) is 9.52 Å². The van der Waals surface area contributed by atoms with Crippen LogP contribution in [0.3, 0.4) is 0 Å². The molecule has 0 bridgehead atoms. The molecule has 0 fully saturated rings. The van der Waals surface area contributed by atoms with Gasteiger partial charge in [0.15, 0.2) is 0 Å². The number of amides is 1. The zero-order valence-corrected chi connectivity index (χ0v) is 17.9. The Bertz CT molecular complexity index is 916. The fourth-order valence-electron chi connectivity index (χ4n) is 2.26. The maximum absolute atomic E-state index is 12.7. The Morgan fingerprint density at radius 1 is 1.19 bits per heavy atom. The van der Waals surface area contributed by atoms with Crippen LogP contribution in [0.1, 0.15) is 37.6 Å². The van der Waals surface area contributed by atoms with Crippen molar-refractivity contribution in [3.05, 3.63) is 52.5 Å². The monoisotopic (exact) mass is 454 g/mol. The molecular weight excluding hydrogens is 432 g/mol. The molecule has 0 aliphatic carbocycles. The highest BCUT2D eigenvalue weighted by atomic mass is 79.9. The third-order valence-electron chi connectivity index (χ3n) is 3.88. The molecule has 8 heteroatoms. The van der Waals surface area contributed by atoms with Crippen molar-refractivity contribution in [1.82, 2.24) is 5.32 Å². The number of rotatable bonds is 8. The first-order valence-electron chi connectivity index (χ1n) is 8.63. The molecule has 0 radical (unpaired) electrons. The Labute approximate surface area is 168 Å². The zero-order chi connectivity index (χ0) is 20.0. The van der Waals surface area contributed by atoms with Crippen molar-refractivity contribution in [1.29, 1.82) is 0 Å². The quantitative estimate of drug-likeness (QED) is 0.626. The van der Waals surface area contributed by atoms with Gasteiger partial charge < -0.3 is 10.1 Å². The van der Waals surface area contributed by atoms with E-state index in [9.17, 15) is 13.2 Å². The summed E-state index contributed by atoms with van der Waals surface area (Å²) in [6, 6.07) is 10.9. The number of benzene rings is 2. The van der Waals surface area contributed by atoms with Crippen LogP contribution in [0.25, 0.3) is 0 Å². The van der Waals surface area contributed by atoms with Gasteiger partial charge in [0.2, 0.25) is 0 Å². The van der Waals surface area contributed by atoms with Gasteiger partial charge in [-0.1, -0.05) is 13.0 Å². The summed E-state index contributed by atoms with van der Waals surface area (Å²) in [5, 5.41) is 2.83. The van der Waals surface area contributed by atoms with Crippen molar-refractivity contribution >= 4 is 37.5 Å². The standard InChI is InChI=1S/C19H23BrN2O4S/c1-4-13(3)21-19(23)14-7-6-8-16(11-14)27(24,25)22-15-9-10-18(26-5-2)17(20)12-15/h6-13,22H,4-5H2,1-3H3,(H,21,23). The van der Waals surface area contributed by atoms with E-state index in [1.165, 1.54) is 12.1 Å². The number of sulfonamides is 1. The first kappa shape index (κ1) is 21.2. The van der Waals surface area contributed by atoms with Crippen LogP contribution in [0, 0.1) is 0 Å². The normalized spacial score (nSPS) is 12.3. The molecule has 0 heterocycles. The van der Waals surface area contributed by atoms with Crippen LogP contribution in [-0.4, -0.2) is 27.0 Å². The lowest BCUT2D eigenvalue weighted by Crippen LogP contribution is -2.32. The number of ether oxygens (including phenoxy) is 1. The number of anilines is 1. The molecule has 0 saturated carbocycles. The zero-order valence-electron chi connectivity index (χ0n) is 15.5. The summed E-state index contributed by atoms with van der Waals surface area (Å²) in [4.78, 5) is 12.3. The Hall–Kier alpha value is -2.06. The van der Waals surface area contributed by atoms with Crippen LogP contribution in [0.5, 0.6) is 5.75 Å². The molecule has 2 aromatic carbocycles. The minimum atomic E-state index is -3.84. The summed E-state index contributed by atoms with van der Waals surface area (Å²) >= 11 is 3.36. The molecule has 0 spiro atoms. The van der Waals surface area contributed by atoms with E-state index in [0.717, 1.165) is 6.42 Å². The second-order valence-electron chi connectivity index (χ2n) is 5.99. The molecule has 1 amide bonds. The van der Waals surface area contributed by atoms with Gasteiger partial charge in [0.05, 0.1) is 21.7 Å². The Morgan fingerprint density at radius 2 is 1.93 bits per heavy atom. The molecule has 27 heavy (non-hydrogen) atoms. The third-order valence-corrected chi connectivity index (χ3v) is 5.88. The molecule has 6 nitrogen and oxygen atoms in total. The predicted octanol–water partition coefficient (Wildman–Crippen LogP) is 4.18. The highest BCUT2D eigenvalue weighted by Gasteiger charge is 2.18. The topological polar surface area (TPSA) is 84.5 Å². The molecule has 0 aliphatic rings. The van der Waals surface area contributed by atoms with Crippen LogP contribution in [-0.2, 0) is 10.0 Å². The van der Waals surface area contributed by atoms with Crippen molar-refractivity contribution in [3.8, 4) is 5.75 Å². The van der Waals surface area contributed by atoms with E-state index >= 15 is 0 Å². The van der Waals surface area contributed by atoms with Crippen molar-refractivity contribution in [2.75, 3.05) is 11.3 Å². The van der Waals surface area contributed by atoms with Gasteiger partial charge in [-0.05, 0) is 72.6 Å². The van der Waals surface area contributed by atoms with Gasteiger partial charge in [-0.2, -0.15) is 0 Å². The minimum Gasteiger partial charge on any atom is -0.493 e. The molecule has 2 rings (SSSR count). The van der Waals surface area contributed by atoms with Crippen molar-refractivity contribution in [3.63, 3.8) is 0 Å². The van der Waals surface area contributed by atoms with E-state index in [4.69, 9.17) is 4.74 Å². The summed E-state index contributed by atoms with van der Waals surface area (Å²) in [5.74, 6) is 0.328. The largest absolute Gasteiger partial charge is 0.493 e. The van der Waals surface area contributed by atoms with E-state index in [2.05, 4.69) is 26.0 Å². The fourth-order valence-corrected chi connectivity index (χ4v) is 3.85. The van der Waals surface area contributed by atoms with Gasteiger partial charge >= 0.3 is 0 Å². The second-order valence-corrected chi connectivity index (χ2v) is 8.53. The Morgan fingerprint density at radius 3 is 2.56 bits per heavy atom. The van der Waals surface area contributed by atoms with Gasteiger partial charge in [-0.25, -0.2) is 8.42 Å². The molecule has 0 aliphatic heterocycles. The van der Waals surface area contributed by atoms with E-state index in [1.807, 2.05) is 20.8 Å². The molecule has 1 unspecified atom stereocenters. The molecule has 2 aromatic rings. The van der Waals surface area contributed by atoms with Crippen LogP contribution in [0.15, 0.2) is 51.8 Å². The predicted molar refractivity (Wildman–Crippen MR) is 110 cm³/mol. The number of hydrogen-bond donors (Lipinski definition) is 2. The summed E-state index contributed by atoms with van der Waals surface area (Å²) in [5.41, 5.74) is 0.686. The Balaban J connectivity index is 2.23. The third kappa shape index (κ3) is 5.71. The molecule has 2 N–H and O–H groups in total. The number of halogens is 1. The Kier molecular flexibility index (Phi) is 7.26. The van der Waals surface area contributed by atoms with Crippen LogP contribution in [0.2, 0.25) is 0 Å². The maximum atomic E-state index is 12.7. The van der Waals surface area contributed by atoms with E-state index in [1.54, 1.807) is 30.3 Å². The van der Waals surface area contributed by atoms with E-state index < -0.39 is 10.0 Å². The molecule has 0 saturated heterocycles. The van der Waals surface area contributed by atoms with Gasteiger partial charge in [0.25, 0.3) is 15.9 Å². The fraction of sp³-hybridized carbons (Fsp3) is 0.316. The summed E-state index contributed by atoms with van der Waals surface area (Å²) in [7, 11) is -3.84. The lowest BCUT2D eigenvalue weighted by atomic mass is 10.2. The van der Waals surface area contributed by atoms with Crippen molar-refractivity contribution in [2.24, 2.45) is 0 Å². The first-order valence-corrected chi connectivity index (χ1v) is 10.9. The highest BCUT2D eigenvalue weighted by Crippen LogP contribution is 2.29. The smallest absolute Gasteiger partial charge is 0.261 e. The first-order chi connectivity index (χ1) is 12.8. The average Bonchev–Trinajstić information content (AvgIpc) is 2.63. The van der Waals surface area contributed by atoms with Crippen LogP contribution < -0.4 is 14.8 Å². The molecule has 146 valence electrons. The lowest BCUT2D eigenvalue weighted by molar-refractivity contribution is 0.0939. The highest BCUT2D eigenvalue weighted by molar-refractivity contribution is 9.10. The second kappa shape index (κ2) is 9.23. The average molecular weight is 455 g/mol. The number of carbonyl (C=O) groups excluding carboxylic acids is 1. The van der Waals surface area contributed by atoms with E-state index in [-0.39, 0.29) is 16.8 Å². The number of carbonyl (C=O) groups is 1. The molecule has 1 atom stereocenters. The lowest BCUT2D eigenvalue weighted by Gasteiger charge is -2.13. The van der Waals surface area contributed by atoms with Crippen LogP contribution >= 0.6 is 15.9 Å². The van der Waals surface area contributed by atoms with Gasteiger partial charge in [-0.15, -0.1) is 0 Å². The van der Waals surface area contributed by atoms with Crippen molar-refractivity contribution in [2.45, 2.75) is 38.1 Å². The van der Waals surface area contributed by atoms with Gasteiger partial charge in [0, 0.05) is 11.6 Å². The molecule has 0 aromatic heterocycles. The number of hydrogen-bond acceptors (Lipinski definition) is 4. The summed E-state index contributed by atoms with van der Waals surface area (Å²) in [6.07, 6.45) is 0.790. The summed E-state index contributed by atoms with van der Waals surface area (Å²) < 4.78 is 34.0. The SMILES string of the molecule is CCOc1ccc(NS(=O)(=O)c2cccc(C(=O)NC(C)CC)c2)cc1Br. The van der Waals surface area contributed by atoms with Gasteiger partial charge in [0.1, 0.15) is 5.75 Å². The minimum absolute atomic E-state index is 0.0112. The number of nitrogens with one attached hydrogen (secondary N) is 2. The molecular formula is C19H23BrN2O4S. The van der Waals surface area contributed by atoms with Crippen molar-refractivity contribution < 1.29 is 17.9 Å². The summed E-state index contributed by atoms with van der Waals surface area (Å²) in [6.45, 7) is 6.23. The maximum Gasteiger partial charge on any atom is 0.261 e. The van der Waals surface area contributed by atoms with Crippen LogP contribution in [0.4, 0.5) is 5.69 Å². The van der Waals surface area contributed by atoms with E-state index in [0.29, 0.717) is 28.1 Å².